The summed E-state index contributed by atoms with van der Waals surface area (Å²) in [7, 11) is 0. The fraction of sp³-hybridized carbons (Fsp3) is 0.176. The predicted octanol–water partition coefficient (Wildman–Crippen LogP) is 3.29. The highest BCUT2D eigenvalue weighted by atomic mass is 35.5. The molecule has 0 atom stereocenters. The number of hydrazine groups is 1. The summed E-state index contributed by atoms with van der Waals surface area (Å²) in [5.41, 5.74) is 5.02. The van der Waals surface area contributed by atoms with Crippen LogP contribution in [-0.2, 0) is 4.79 Å². The highest BCUT2D eigenvalue weighted by Crippen LogP contribution is 2.21. The first-order chi connectivity index (χ1) is 11.6. The lowest BCUT2D eigenvalue weighted by Gasteiger charge is -2.08. The maximum atomic E-state index is 11.9. The van der Waals surface area contributed by atoms with Crippen LogP contribution in [0.1, 0.15) is 17.3 Å². The molecule has 2 aromatic rings. The fourth-order valence-corrected chi connectivity index (χ4v) is 2.74. The van der Waals surface area contributed by atoms with Crippen molar-refractivity contribution in [2.24, 2.45) is 0 Å². The zero-order chi connectivity index (χ0) is 17.4. The molecule has 0 aromatic heterocycles. The van der Waals surface area contributed by atoms with Gasteiger partial charge in [0.25, 0.3) is 5.91 Å². The van der Waals surface area contributed by atoms with E-state index in [0.717, 1.165) is 10.6 Å². The molecular weight excluding hydrogens is 348 g/mol. The molecule has 0 radical (unpaired) electrons. The van der Waals surface area contributed by atoms with Gasteiger partial charge in [-0.2, -0.15) is 0 Å². The molecule has 2 rings (SSSR count). The number of nitrogens with one attached hydrogen (secondary N) is 2. The molecule has 0 aliphatic rings. The number of hydrogen-bond acceptors (Lipinski definition) is 4. The molecule has 0 fully saturated rings. The molecule has 0 heterocycles. The first kappa shape index (κ1) is 18.2. The van der Waals surface area contributed by atoms with Crippen molar-refractivity contribution < 1.29 is 14.3 Å². The maximum absolute atomic E-state index is 11.9. The molecule has 0 saturated carbocycles. The van der Waals surface area contributed by atoms with Gasteiger partial charge in [-0.1, -0.05) is 23.7 Å². The van der Waals surface area contributed by atoms with Gasteiger partial charge in [-0.3, -0.25) is 20.4 Å². The van der Waals surface area contributed by atoms with Gasteiger partial charge < -0.3 is 4.74 Å². The molecule has 0 aliphatic carbocycles. The molecule has 24 heavy (non-hydrogen) atoms. The number of halogens is 1. The number of carbonyl (C=O) groups excluding carboxylic acids is 2. The average Bonchev–Trinajstić information content (AvgIpc) is 2.60. The second-order valence-electron chi connectivity index (χ2n) is 4.68. The smallest absolute Gasteiger partial charge is 0.271 e. The van der Waals surface area contributed by atoms with Gasteiger partial charge in [-0.25, -0.2) is 0 Å². The normalized spacial score (nSPS) is 10.1. The van der Waals surface area contributed by atoms with Crippen LogP contribution in [-0.4, -0.2) is 24.2 Å². The van der Waals surface area contributed by atoms with Crippen molar-refractivity contribution in [1.29, 1.82) is 0 Å². The van der Waals surface area contributed by atoms with Gasteiger partial charge in [0.15, 0.2) is 0 Å². The molecular formula is C17H17ClN2O3S. The molecule has 126 valence electrons. The third kappa shape index (κ3) is 5.47. The number of carbonyl (C=O) groups is 2. The van der Waals surface area contributed by atoms with E-state index in [1.54, 1.807) is 24.3 Å². The molecule has 0 aliphatic heterocycles. The Kier molecular flexibility index (Phi) is 6.96. The van der Waals surface area contributed by atoms with Crippen LogP contribution >= 0.6 is 23.4 Å². The Bertz CT molecular complexity index is 707. The number of rotatable bonds is 6. The summed E-state index contributed by atoms with van der Waals surface area (Å²) >= 11 is 7.28. The molecule has 2 aromatic carbocycles. The highest BCUT2D eigenvalue weighted by Gasteiger charge is 2.10. The number of ether oxygens (including phenoxy) is 1. The van der Waals surface area contributed by atoms with Gasteiger partial charge in [-0.15, -0.1) is 11.8 Å². The largest absolute Gasteiger partial charge is 0.494 e. The first-order valence-corrected chi connectivity index (χ1v) is 8.66. The van der Waals surface area contributed by atoms with Crippen LogP contribution in [0, 0.1) is 0 Å². The summed E-state index contributed by atoms with van der Waals surface area (Å²) in [5.74, 6) is 0.198. The van der Waals surface area contributed by atoms with Crippen LogP contribution in [0.15, 0.2) is 53.4 Å². The van der Waals surface area contributed by atoms with Crippen molar-refractivity contribution in [2.45, 2.75) is 11.8 Å². The van der Waals surface area contributed by atoms with Crippen LogP contribution < -0.4 is 15.6 Å². The number of amides is 2. The van der Waals surface area contributed by atoms with Crippen LogP contribution in [0.2, 0.25) is 5.02 Å². The number of hydrogen-bond donors (Lipinski definition) is 2. The first-order valence-electron chi connectivity index (χ1n) is 7.29. The monoisotopic (exact) mass is 364 g/mol. The summed E-state index contributed by atoms with van der Waals surface area (Å²) in [6, 6.07) is 14.1. The van der Waals surface area contributed by atoms with Crippen LogP contribution in [0.5, 0.6) is 5.75 Å². The maximum Gasteiger partial charge on any atom is 0.271 e. The Morgan fingerprint density at radius 1 is 1.08 bits per heavy atom. The van der Waals surface area contributed by atoms with Crippen molar-refractivity contribution >= 4 is 35.2 Å². The molecule has 7 heteroatoms. The lowest BCUT2D eigenvalue weighted by Crippen LogP contribution is -2.42. The summed E-state index contributed by atoms with van der Waals surface area (Å²) in [6.45, 7) is 2.53. The number of benzene rings is 2. The third-order valence-corrected chi connectivity index (χ3v) is 4.28. The quantitative estimate of drug-likeness (QED) is 0.609. The SMILES string of the molecule is CCOc1ccc(SCC(=O)NNC(=O)c2ccccc2Cl)cc1. The van der Waals surface area contributed by atoms with E-state index in [9.17, 15) is 9.59 Å². The van der Waals surface area contributed by atoms with E-state index < -0.39 is 5.91 Å². The Labute approximate surface area is 149 Å². The van der Waals surface area contributed by atoms with Gasteiger partial charge in [0, 0.05) is 4.90 Å². The Hall–Kier alpha value is -2.18. The van der Waals surface area contributed by atoms with E-state index in [2.05, 4.69) is 10.9 Å². The second kappa shape index (κ2) is 9.20. The van der Waals surface area contributed by atoms with Crippen molar-refractivity contribution in [3.63, 3.8) is 0 Å². The molecule has 5 nitrogen and oxygen atoms in total. The lowest BCUT2D eigenvalue weighted by atomic mass is 10.2. The molecule has 0 saturated heterocycles. The van der Waals surface area contributed by atoms with E-state index in [1.807, 2.05) is 31.2 Å². The fourth-order valence-electron chi connectivity index (χ4n) is 1.82. The van der Waals surface area contributed by atoms with Crippen LogP contribution in [0.25, 0.3) is 0 Å². The second-order valence-corrected chi connectivity index (χ2v) is 6.13. The number of thioether (sulfide) groups is 1. The molecule has 0 bridgehead atoms. The van der Waals surface area contributed by atoms with Gasteiger partial charge in [0.1, 0.15) is 5.75 Å². The highest BCUT2D eigenvalue weighted by molar-refractivity contribution is 8.00. The van der Waals surface area contributed by atoms with Crippen molar-refractivity contribution in [2.75, 3.05) is 12.4 Å². The van der Waals surface area contributed by atoms with Crippen molar-refractivity contribution in [3.05, 3.63) is 59.1 Å². The predicted molar refractivity (Wildman–Crippen MR) is 95.4 cm³/mol. The lowest BCUT2D eigenvalue weighted by molar-refractivity contribution is -0.119. The Balaban J connectivity index is 1.77. The van der Waals surface area contributed by atoms with Crippen molar-refractivity contribution in [3.8, 4) is 5.75 Å². The summed E-state index contributed by atoms with van der Waals surface area (Å²) in [4.78, 5) is 24.7. The Morgan fingerprint density at radius 3 is 2.46 bits per heavy atom. The molecule has 0 spiro atoms. The standard InChI is InChI=1S/C17H17ClN2O3S/c1-2-23-12-7-9-13(10-8-12)24-11-16(21)19-20-17(22)14-5-3-4-6-15(14)18/h3-10H,2,11H2,1H3,(H,19,21)(H,20,22). The minimum atomic E-state index is -0.458. The molecule has 2 N–H and O–H groups in total. The van der Waals surface area contributed by atoms with Gasteiger partial charge >= 0.3 is 0 Å². The summed E-state index contributed by atoms with van der Waals surface area (Å²) in [5, 5.41) is 0.327. The van der Waals surface area contributed by atoms with E-state index in [-0.39, 0.29) is 11.7 Å². The topological polar surface area (TPSA) is 67.4 Å². The minimum Gasteiger partial charge on any atom is -0.494 e. The van der Waals surface area contributed by atoms with Crippen molar-refractivity contribution in [1.82, 2.24) is 10.9 Å². The van der Waals surface area contributed by atoms with E-state index >= 15 is 0 Å². The zero-order valence-corrected chi connectivity index (χ0v) is 14.6. The Morgan fingerprint density at radius 2 is 1.79 bits per heavy atom. The molecule has 2 amide bonds. The van der Waals surface area contributed by atoms with Gasteiger partial charge in [-0.05, 0) is 43.3 Å². The van der Waals surface area contributed by atoms with Gasteiger partial charge in [0.05, 0.1) is 22.9 Å². The summed E-state index contributed by atoms with van der Waals surface area (Å²) in [6.07, 6.45) is 0. The van der Waals surface area contributed by atoms with E-state index in [1.165, 1.54) is 11.8 Å². The van der Waals surface area contributed by atoms with Crippen LogP contribution in [0.4, 0.5) is 0 Å². The minimum absolute atomic E-state index is 0.177. The average molecular weight is 365 g/mol. The summed E-state index contributed by atoms with van der Waals surface area (Å²) < 4.78 is 5.36. The van der Waals surface area contributed by atoms with E-state index in [4.69, 9.17) is 16.3 Å². The zero-order valence-electron chi connectivity index (χ0n) is 13.0. The van der Waals surface area contributed by atoms with Crippen LogP contribution in [0.3, 0.4) is 0 Å². The molecule has 0 unspecified atom stereocenters. The third-order valence-electron chi connectivity index (χ3n) is 2.94. The van der Waals surface area contributed by atoms with E-state index in [0.29, 0.717) is 17.2 Å². The van der Waals surface area contributed by atoms with Gasteiger partial charge in [0.2, 0.25) is 5.91 Å².